The van der Waals surface area contributed by atoms with E-state index in [1.165, 1.54) is 31.4 Å². The summed E-state index contributed by atoms with van der Waals surface area (Å²) in [5.41, 5.74) is 0.651. The van der Waals surface area contributed by atoms with E-state index in [2.05, 4.69) is 20.7 Å². The second-order valence-corrected chi connectivity index (χ2v) is 5.37. The summed E-state index contributed by atoms with van der Waals surface area (Å²) in [5.74, 6) is -3.14. The lowest BCUT2D eigenvalue weighted by Gasteiger charge is -2.21. The fourth-order valence-corrected chi connectivity index (χ4v) is 2.35. The van der Waals surface area contributed by atoms with Crippen molar-refractivity contribution in [2.75, 3.05) is 25.5 Å². The van der Waals surface area contributed by atoms with Crippen LogP contribution in [0.1, 0.15) is 23.2 Å². The lowest BCUT2D eigenvalue weighted by molar-refractivity contribution is -0.141. The first kappa shape index (κ1) is 17.6. The number of amides is 3. The van der Waals surface area contributed by atoms with E-state index < -0.39 is 23.7 Å². The zero-order valence-corrected chi connectivity index (χ0v) is 13.3. The maximum Gasteiger partial charge on any atom is 0.337 e. The zero-order valence-electron chi connectivity index (χ0n) is 13.3. The van der Waals surface area contributed by atoms with Gasteiger partial charge >= 0.3 is 17.8 Å². The number of carbonyl (C=O) groups is 4. The van der Waals surface area contributed by atoms with Crippen molar-refractivity contribution < 1.29 is 23.9 Å². The Morgan fingerprint density at radius 2 is 1.67 bits per heavy atom. The highest BCUT2D eigenvalue weighted by Crippen LogP contribution is 2.12. The molecule has 0 aromatic heterocycles. The van der Waals surface area contributed by atoms with E-state index in [1.54, 1.807) is 0 Å². The molecule has 8 nitrogen and oxygen atoms in total. The van der Waals surface area contributed by atoms with Gasteiger partial charge in [0.05, 0.1) is 12.7 Å². The SMILES string of the molecule is COC(=O)c1ccc(NC(=O)C(=O)NC(=O)C2CCNCC2)cc1. The van der Waals surface area contributed by atoms with Crippen LogP contribution in [0.3, 0.4) is 0 Å². The number of benzene rings is 1. The van der Waals surface area contributed by atoms with Crippen LogP contribution in [0.25, 0.3) is 0 Å². The van der Waals surface area contributed by atoms with Crippen molar-refractivity contribution >= 4 is 29.4 Å². The predicted molar refractivity (Wildman–Crippen MR) is 85.2 cm³/mol. The van der Waals surface area contributed by atoms with Crippen molar-refractivity contribution in [1.82, 2.24) is 10.6 Å². The molecule has 1 aromatic carbocycles. The van der Waals surface area contributed by atoms with Crippen LogP contribution >= 0.6 is 0 Å². The fraction of sp³-hybridized carbons (Fsp3) is 0.375. The van der Waals surface area contributed by atoms with Crippen LogP contribution in [0.4, 0.5) is 5.69 Å². The summed E-state index contributed by atoms with van der Waals surface area (Å²) < 4.78 is 4.56. The maximum absolute atomic E-state index is 11.9. The molecule has 1 aliphatic rings. The van der Waals surface area contributed by atoms with Crippen molar-refractivity contribution in [1.29, 1.82) is 0 Å². The Hall–Kier alpha value is -2.74. The standard InChI is InChI=1S/C16H19N3O5/c1-24-16(23)11-2-4-12(5-3-11)18-14(21)15(22)19-13(20)10-6-8-17-9-7-10/h2-5,10,17H,6-9H2,1H3,(H,18,21)(H,19,20,22). The molecule has 3 amide bonds. The van der Waals surface area contributed by atoms with E-state index in [9.17, 15) is 19.2 Å². The largest absolute Gasteiger partial charge is 0.465 e. The van der Waals surface area contributed by atoms with Crippen molar-refractivity contribution in [2.24, 2.45) is 5.92 Å². The number of hydrogen-bond acceptors (Lipinski definition) is 6. The minimum absolute atomic E-state index is 0.262. The van der Waals surface area contributed by atoms with Crippen LogP contribution in [-0.2, 0) is 19.1 Å². The molecule has 0 spiro atoms. The molecule has 3 N–H and O–H groups in total. The third kappa shape index (κ3) is 4.63. The molecule has 1 saturated heterocycles. The highest BCUT2D eigenvalue weighted by atomic mass is 16.5. The monoisotopic (exact) mass is 333 g/mol. The Morgan fingerprint density at radius 1 is 1.04 bits per heavy atom. The number of anilines is 1. The Morgan fingerprint density at radius 3 is 2.25 bits per heavy atom. The molecule has 24 heavy (non-hydrogen) atoms. The van der Waals surface area contributed by atoms with Crippen LogP contribution in [-0.4, -0.2) is 43.9 Å². The summed E-state index contributed by atoms with van der Waals surface area (Å²) in [6.45, 7) is 1.43. The van der Waals surface area contributed by atoms with Crippen LogP contribution in [0.15, 0.2) is 24.3 Å². The van der Waals surface area contributed by atoms with E-state index in [1.807, 2.05) is 0 Å². The minimum Gasteiger partial charge on any atom is -0.465 e. The number of imide groups is 1. The zero-order chi connectivity index (χ0) is 17.5. The first-order chi connectivity index (χ1) is 11.5. The smallest absolute Gasteiger partial charge is 0.337 e. The predicted octanol–water partition coefficient (Wildman–Crippen LogP) is 0.0541. The normalized spacial score (nSPS) is 14.5. The number of methoxy groups -OCH3 is 1. The van der Waals surface area contributed by atoms with E-state index in [-0.39, 0.29) is 5.92 Å². The maximum atomic E-state index is 11.9. The second kappa shape index (κ2) is 8.21. The number of hydrogen-bond donors (Lipinski definition) is 3. The molecule has 2 rings (SSSR count). The number of piperidine rings is 1. The number of ether oxygens (including phenoxy) is 1. The molecule has 0 aliphatic carbocycles. The van der Waals surface area contributed by atoms with Crippen LogP contribution in [0, 0.1) is 5.92 Å². The second-order valence-electron chi connectivity index (χ2n) is 5.37. The lowest BCUT2D eigenvalue weighted by Crippen LogP contribution is -2.44. The highest BCUT2D eigenvalue weighted by Gasteiger charge is 2.25. The van der Waals surface area contributed by atoms with Gasteiger partial charge in [-0.2, -0.15) is 0 Å². The molecule has 0 saturated carbocycles. The lowest BCUT2D eigenvalue weighted by atomic mass is 9.97. The number of carbonyl (C=O) groups excluding carboxylic acids is 4. The van der Waals surface area contributed by atoms with Gasteiger partial charge in [0.2, 0.25) is 5.91 Å². The van der Waals surface area contributed by atoms with Crippen molar-refractivity contribution in [2.45, 2.75) is 12.8 Å². The highest BCUT2D eigenvalue weighted by molar-refractivity contribution is 6.42. The molecule has 0 atom stereocenters. The minimum atomic E-state index is -1.00. The third-order valence-corrected chi connectivity index (χ3v) is 3.72. The molecule has 8 heteroatoms. The third-order valence-electron chi connectivity index (χ3n) is 3.72. The van der Waals surface area contributed by atoms with Crippen molar-refractivity contribution in [3.63, 3.8) is 0 Å². The average molecular weight is 333 g/mol. The Kier molecular flexibility index (Phi) is 6.02. The molecular formula is C16H19N3O5. The van der Waals surface area contributed by atoms with Crippen LogP contribution in [0.2, 0.25) is 0 Å². The molecule has 1 fully saturated rings. The number of nitrogens with one attached hydrogen (secondary N) is 3. The Bertz CT molecular complexity index is 636. The molecule has 1 aromatic rings. The first-order valence-electron chi connectivity index (χ1n) is 7.56. The van der Waals surface area contributed by atoms with E-state index in [0.29, 0.717) is 37.2 Å². The molecular weight excluding hydrogens is 314 g/mol. The number of esters is 1. The molecule has 0 bridgehead atoms. The van der Waals surface area contributed by atoms with Crippen molar-refractivity contribution in [3.05, 3.63) is 29.8 Å². The van der Waals surface area contributed by atoms with Crippen LogP contribution in [0.5, 0.6) is 0 Å². The number of rotatable bonds is 3. The van der Waals surface area contributed by atoms with Gasteiger partial charge in [0, 0.05) is 11.6 Å². The summed E-state index contributed by atoms with van der Waals surface area (Å²) in [6.07, 6.45) is 1.27. The first-order valence-corrected chi connectivity index (χ1v) is 7.56. The fourth-order valence-electron chi connectivity index (χ4n) is 2.35. The van der Waals surface area contributed by atoms with Gasteiger partial charge in [-0.15, -0.1) is 0 Å². The summed E-state index contributed by atoms with van der Waals surface area (Å²) in [7, 11) is 1.27. The van der Waals surface area contributed by atoms with E-state index in [0.717, 1.165) is 0 Å². The quantitative estimate of drug-likeness (QED) is 0.532. The Balaban J connectivity index is 1.88. The molecule has 1 aliphatic heterocycles. The van der Waals surface area contributed by atoms with Gasteiger partial charge in [-0.25, -0.2) is 4.79 Å². The topological polar surface area (TPSA) is 114 Å². The van der Waals surface area contributed by atoms with Crippen molar-refractivity contribution in [3.8, 4) is 0 Å². The average Bonchev–Trinajstić information content (AvgIpc) is 2.62. The van der Waals surface area contributed by atoms with Gasteiger partial charge in [0.15, 0.2) is 0 Å². The van der Waals surface area contributed by atoms with Gasteiger partial charge in [-0.1, -0.05) is 0 Å². The van der Waals surface area contributed by atoms with Gasteiger partial charge in [-0.05, 0) is 50.2 Å². The molecule has 0 radical (unpaired) electrons. The Labute approximate surface area is 138 Å². The molecule has 1 heterocycles. The van der Waals surface area contributed by atoms with Crippen LogP contribution < -0.4 is 16.0 Å². The summed E-state index contributed by atoms with van der Waals surface area (Å²) in [4.78, 5) is 46.9. The summed E-state index contributed by atoms with van der Waals surface area (Å²) in [6, 6.07) is 5.84. The van der Waals surface area contributed by atoms with E-state index in [4.69, 9.17) is 0 Å². The van der Waals surface area contributed by atoms with Gasteiger partial charge < -0.3 is 15.4 Å². The van der Waals surface area contributed by atoms with Gasteiger partial charge in [-0.3, -0.25) is 19.7 Å². The van der Waals surface area contributed by atoms with Gasteiger partial charge in [0.1, 0.15) is 0 Å². The molecule has 0 unspecified atom stereocenters. The molecule has 128 valence electrons. The van der Waals surface area contributed by atoms with Gasteiger partial charge in [0.25, 0.3) is 0 Å². The summed E-state index contributed by atoms with van der Waals surface area (Å²) >= 11 is 0. The summed E-state index contributed by atoms with van der Waals surface area (Å²) in [5, 5.41) is 7.60. The van der Waals surface area contributed by atoms with E-state index >= 15 is 0 Å².